The Bertz CT molecular complexity index is 723. The number of fused-ring (bicyclic) bond motifs is 1. The molecule has 19 heavy (non-hydrogen) atoms. The molecule has 0 aliphatic heterocycles. The fourth-order valence-corrected chi connectivity index (χ4v) is 2.35. The molecule has 2 heterocycles. The highest BCUT2D eigenvalue weighted by atomic mass is 15.3. The molecule has 1 aromatic carbocycles. The molecule has 5 nitrogen and oxygen atoms in total. The van der Waals surface area contributed by atoms with E-state index >= 15 is 0 Å². The molecule has 5 heteroatoms. The zero-order chi connectivity index (χ0) is 13.4. The summed E-state index contributed by atoms with van der Waals surface area (Å²) in [5, 5.41) is 4.24. The number of aromatic nitrogens is 4. The highest BCUT2D eigenvalue weighted by Crippen LogP contribution is 2.23. The summed E-state index contributed by atoms with van der Waals surface area (Å²) in [6.45, 7) is 2.15. The molecule has 3 aromatic rings. The number of aryl methyl sites for hydroxylation is 2. The van der Waals surface area contributed by atoms with Crippen LogP contribution < -0.4 is 5.73 Å². The van der Waals surface area contributed by atoms with Gasteiger partial charge in [-0.15, -0.1) is 0 Å². The summed E-state index contributed by atoms with van der Waals surface area (Å²) in [5.74, 6) is 1.05. The molecule has 0 saturated heterocycles. The van der Waals surface area contributed by atoms with Crippen molar-refractivity contribution in [3.8, 4) is 5.69 Å². The Morgan fingerprint density at radius 3 is 2.84 bits per heavy atom. The maximum Gasteiger partial charge on any atom is 0.114 e. The molecule has 0 fully saturated rings. The average molecular weight is 255 g/mol. The van der Waals surface area contributed by atoms with Crippen molar-refractivity contribution in [3.05, 3.63) is 36.4 Å². The molecule has 2 N–H and O–H groups in total. The quantitative estimate of drug-likeness (QED) is 0.730. The summed E-state index contributed by atoms with van der Waals surface area (Å²) in [4.78, 5) is 4.69. The van der Waals surface area contributed by atoms with E-state index in [-0.39, 0.29) is 0 Å². The second kappa shape index (κ2) is 4.42. The fourth-order valence-electron chi connectivity index (χ4n) is 2.35. The van der Waals surface area contributed by atoms with Gasteiger partial charge in [-0.25, -0.2) is 4.98 Å². The van der Waals surface area contributed by atoms with Crippen LogP contribution in [0.2, 0.25) is 0 Å². The van der Waals surface area contributed by atoms with Crippen LogP contribution in [0.5, 0.6) is 0 Å². The molecule has 0 spiro atoms. The molecular formula is C14H17N5. The van der Waals surface area contributed by atoms with Gasteiger partial charge in [0.05, 0.1) is 22.9 Å². The molecule has 0 bridgehead atoms. The van der Waals surface area contributed by atoms with Gasteiger partial charge in [0.1, 0.15) is 5.82 Å². The van der Waals surface area contributed by atoms with Gasteiger partial charge < -0.3 is 5.73 Å². The third-order valence-electron chi connectivity index (χ3n) is 3.17. The fraction of sp³-hybridized carbons (Fsp3) is 0.286. The zero-order valence-electron chi connectivity index (χ0n) is 11.2. The smallest absolute Gasteiger partial charge is 0.114 e. The molecule has 0 unspecified atom stereocenters. The Labute approximate surface area is 111 Å². The van der Waals surface area contributed by atoms with Crippen molar-refractivity contribution in [3.63, 3.8) is 0 Å². The molecule has 2 aromatic heterocycles. The minimum absolute atomic E-state index is 0.742. The maximum atomic E-state index is 5.83. The molecule has 0 amide bonds. The van der Waals surface area contributed by atoms with Crippen LogP contribution in [0.4, 0.5) is 5.69 Å². The van der Waals surface area contributed by atoms with Gasteiger partial charge in [-0.1, -0.05) is 6.92 Å². The van der Waals surface area contributed by atoms with Gasteiger partial charge in [0.2, 0.25) is 0 Å². The Morgan fingerprint density at radius 1 is 1.32 bits per heavy atom. The standard InChI is InChI=1S/C14H17N5/c1-3-4-14-17-12-7-10(15)5-6-13(12)19(14)11-8-16-18(2)9-11/h5-9H,3-4,15H2,1-2H3. The van der Waals surface area contributed by atoms with E-state index in [2.05, 4.69) is 16.6 Å². The molecule has 98 valence electrons. The van der Waals surface area contributed by atoms with E-state index in [1.54, 1.807) is 4.68 Å². The lowest BCUT2D eigenvalue weighted by molar-refractivity contribution is 0.766. The van der Waals surface area contributed by atoms with Crippen LogP contribution >= 0.6 is 0 Å². The van der Waals surface area contributed by atoms with Crippen LogP contribution in [0.3, 0.4) is 0 Å². The number of hydrogen-bond donors (Lipinski definition) is 1. The van der Waals surface area contributed by atoms with E-state index in [0.29, 0.717) is 0 Å². The third kappa shape index (κ3) is 1.97. The monoisotopic (exact) mass is 255 g/mol. The Morgan fingerprint density at radius 2 is 2.16 bits per heavy atom. The number of benzene rings is 1. The van der Waals surface area contributed by atoms with Crippen LogP contribution in [-0.4, -0.2) is 19.3 Å². The number of nitrogens with two attached hydrogens (primary N) is 1. The molecule has 3 rings (SSSR count). The number of nitrogens with zero attached hydrogens (tertiary/aromatic N) is 4. The number of nitrogen functional groups attached to an aromatic ring is 1. The van der Waals surface area contributed by atoms with Crippen molar-refractivity contribution in [2.45, 2.75) is 19.8 Å². The van der Waals surface area contributed by atoms with Crippen molar-refractivity contribution in [1.82, 2.24) is 19.3 Å². The molecule has 0 aliphatic carbocycles. The summed E-state index contributed by atoms with van der Waals surface area (Å²) < 4.78 is 3.96. The van der Waals surface area contributed by atoms with Crippen molar-refractivity contribution in [2.75, 3.05) is 5.73 Å². The lowest BCUT2D eigenvalue weighted by Crippen LogP contribution is -2.00. The predicted octanol–water partition coefficient (Wildman–Crippen LogP) is 2.29. The minimum atomic E-state index is 0.742. The Balaban J connectivity index is 2.27. The van der Waals surface area contributed by atoms with Crippen LogP contribution in [-0.2, 0) is 13.5 Å². The van der Waals surface area contributed by atoms with Gasteiger partial charge in [-0.3, -0.25) is 9.25 Å². The average Bonchev–Trinajstić information content (AvgIpc) is 2.92. The van der Waals surface area contributed by atoms with Gasteiger partial charge in [0.25, 0.3) is 0 Å². The predicted molar refractivity (Wildman–Crippen MR) is 76.2 cm³/mol. The van der Waals surface area contributed by atoms with E-state index < -0.39 is 0 Å². The first-order valence-electron chi connectivity index (χ1n) is 6.45. The van der Waals surface area contributed by atoms with Crippen LogP contribution in [0, 0.1) is 0 Å². The van der Waals surface area contributed by atoms with Gasteiger partial charge in [0, 0.05) is 25.4 Å². The summed E-state index contributed by atoms with van der Waals surface area (Å²) in [6, 6.07) is 5.85. The molecule has 0 aliphatic rings. The summed E-state index contributed by atoms with van der Waals surface area (Å²) >= 11 is 0. The lowest BCUT2D eigenvalue weighted by Gasteiger charge is -2.05. The third-order valence-corrected chi connectivity index (χ3v) is 3.17. The van der Waals surface area contributed by atoms with Gasteiger partial charge in [-0.2, -0.15) is 5.10 Å². The molecule has 0 radical (unpaired) electrons. The maximum absolute atomic E-state index is 5.83. The van der Waals surface area contributed by atoms with E-state index in [4.69, 9.17) is 10.7 Å². The topological polar surface area (TPSA) is 61.7 Å². The number of imidazole rings is 1. The molecule has 0 saturated carbocycles. The van der Waals surface area contributed by atoms with E-state index in [9.17, 15) is 0 Å². The lowest BCUT2D eigenvalue weighted by atomic mass is 10.3. The zero-order valence-corrected chi connectivity index (χ0v) is 11.2. The number of hydrogen-bond acceptors (Lipinski definition) is 3. The van der Waals surface area contributed by atoms with Crippen LogP contribution in [0.15, 0.2) is 30.6 Å². The number of anilines is 1. The summed E-state index contributed by atoms with van der Waals surface area (Å²) in [5.41, 5.74) is 9.63. The number of rotatable bonds is 3. The highest BCUT2D eigenvalue weighted by molar-refractivity contribution is 5.81. The Kier molecular flexibility index (Phi) is 2.74. The van der Waals surface area contributed by atoms with Crippen molar-refractivity contribution in [2.24, 2.45) is 7.05 Å². The minimum Gasteiger partial charge on any atom is -0.399 e. The van der Waals surface area contributed by atoms with Gasteiger partial charge >= 0.3 is 0 Å². The van der Waals surface area contributed by atoms with Crippen molar-refractivity contribution < 1.29 is 0 Å². The summed E-state index contributed by atoms with van der Waals surface area (Å²) in [6.07, 6.45) is 5.84. The first-order chi connectivity index (χ1) is 9.19. The molecular weight excluding hydrogens is 238 g/mol. The first-order valence-corrected chi connectivity index (χ1v) is 6.45. The van der Waals surface area contributed by atoms with E-state index in [1.807, 2.05) is 37.6 Å². The first kappa shape index (κ1) is 11.8. The van der Waals surface area contributed by atoms with Crippen molar-refractivity contribution >= 4 is 16.7 Å². The molecule has 0 atom stereocenters. The van der Waals surface area contributed by atoms with E-state index in [1.165, 1.54) is 0 Å². The van der Waals surface area contributed by atoms with Crippen molar-refractivity contribution in [1.29, 1.82) is 0 Å². The SMILES string of the molecule is CCCc1nc2cc(N)ccc2n1-c1cnn(C)c1. The van der Waals surface area contributed by atoms with Gasteiger partial charge in [0.15, 0.2) is 0 Å². The van der Waals surface area contributed by atoms with Gasteiger partial charge in [-0.05, 0) is 24.6 Å². The summed E-state index contributed by atoms with van der Waals surface area (Å²) in [7, 11) is 1.92. The largest absolute Gasteiger partial charge is 0.399 e. The normalized spacial score (nSPS) is 11.3. The second-order valence-corrected chi connectivity index (χ2v) is 4.73. The van der Waals surface area contributed by atoms with Crippen LogP contribution in [0.25, 0.3) is 16.7 Å². The highest BCUT2D eigenvalue weighted by Gasteiger charge is 2.13. The second-order valence-electron chi connectivity index (χ2n) is 4.73. The van der Waals surface area contributed by atoms with E-state index in [0.717, 1.165) is 41.1 Å². The van der Waals surface area contributed by atoms with Crippen LogP contribution in [0.1, 0.15) is 19.2 Å². The Hall–Kier alpha value is -2.30.